The molecule has 1 fully saturated rings. The van der Waals surface area contributed by atoms with Crippen LogP contribution in [0.15, 0.2) is 29.4 Å². The zero-order valence-corrected chi connectivity index (χ0v) is 22.6. The Kier molecular flexibility index (Phi) is 12.3. The molecule has 13 heteroatoms. The smallest absolute Gasteiger partial charge is 0.435 e. The molecule has 1 aliphatic heterocycles. The topological polar surface area (TPSA) is 159 Å². The molecule has 0 bridgehead atoms. The Morgan fingerprint density at radius 3 is 2.53 bits per heavy atom. The van der Waals surface area contributed by atoms with E-state index in [0.717, 1.165) is 12.8 Å². The van der Waals surface area contributed by atoms with Gasteiger partial charge in [0.15, 0.2) is 5.84 Å². The van der Waals surface area contributed by atoms with Gasteiger partial charge in [0.1, 0.15) is 6.04 Å². The number of carbonyl (C=O) groups excluding carboxylic acids is 4. The van der Waals surface area contributed by atoms with Crippen LogP contribution in [-0.2, 0) is 19.2 Å². The van der Waals surface area contributed by atoms with Crippen LogP contribution in [0.1, 0.15) is 38.2 Å². The number of hydrogen-bond acceptors (Lipinski definition) is 8. The predicted octanol–water partition coefficient (Wildman–Crippen LogP) is 1.07. The number of nitrogens with zero attached hydrogens (tertiary/aromatic N) is 4. The molecule has 13 nitrogen and oxygen atoms in total. The summed E-state index contributed by atoms with van der Waals surface area (Å²) in [7, 11) is 5.41. The summed E-state index contributed by atoms with van der Waals surface area (Å²) in [6, 6.07) is 5.53. The van der Waals surface area contributed by atoms with Crippen LogP contribution in [0.2, 0.25) is 0 Å². The van der Waals surface area contributed by atoms with Gasteiger partial charge in [-0.3, -0.25) is 14.4 Å². The van der Waals surface area contributed by atoms with Gasteiger partial charge in [-0.25, -0.2) is 9.59 Å². The van der Waals surface area contributed by atoms with Crippen LogP contribution in [0.5, 0.6) is 0 Å². The van der Waals surface area contributed by atoms with Crippen molar-refractivity contribution >= 4 is 35.5 Å². The highest BCUT2D eigenvalue weighted by Gasteiger charge is 2.33. The molecule has 1 heterocycles. The van der Waals surface area contributed by atoms with Crippen molar-refractivity contribution in [3.63, 3.8) is 0 Å². The van der Waals surface area contributed by atoms with Crippen molar-refractivity contribution in [2.45, 2.75) is 38.6 Å². The van der Waals surface area contributed by atoms with Crippen molar-refractivity contribution in [1.82, 2.24) is 20.4 Å². The number of oxime groups is 1. The first-order valence-electron chi connectivity index (χ1n) is 12.6. The first-order valence-corrected chi connectivity index (χ1v) is 12.6. The van der Waals surface area contributed by atoms with E-state index in [1.165, 1.54) is 4.90 Å². The summed E-state index contributed by atoms with van der Waals surface area (Å²) in [6.45, 7) is 4.07. The molecule has 1 aromatic rings. The molecule has 38 heavy (non-hydrogen) atoms. The summed E-state index contributed by atoms with van der Waals surface area (Å²) in [6.07, 6.45) is 1.61. The van der Waals surface area contributed by atoms with E-state index in [0.29, 0.717) is 43.9 Å². The molecule has 0 saturated carbocycles. The fourth-order valence-corrected chi connectivity index (χ4v) is 3.42. The van der Waals surface area contributed by atoms with Gasteiger partial charge in [-0.1, -0.05) is 18.5 Å². The third kappa shape index (κ3) is 9.88. The number of amides is 4. The molecule has 4 amide bonds. The van der Waals surface area contributed by atoms with Gasteiger partial charge in [-0.15, -0.1) is 0 Å². The molecule has 1 aromatic carbocycles. The highest BCUT2D eigenvalue weighted by Crippen LogP contribution is 2.22. The van der Waals surface area contributed by atoms with E-state index in [9.17, 15) is 19.2 Å². The van der Waals surface area contributed by atoms with Crippen LogP contribution in [-0.4, -0.2) is 99.6 Å². The first kappa shape index (κ1) is 30.4. The van der Waals surface area contributed by atoms with Gasteiger partial charge < -0.3 is 35.8 Å². The summed E-state index contributed by atoms with van der Waals surface area (Å²) in [5.41, 5.74) is 7.10. The Morgan fingerprint density at radius 1 is 1.16 bits per heavy atom. The number of likely N-dealkylation sites (N-methyl/N-ethyl adjacent to an activating group) is 2. The number of unbranched alkanes of at least 4 members (excludes halogenated alkanes) is 1. The van der Waals surface area contributed by atoms with E-state index in [1.807, 2.05) is 25.9 Å². The maximum atomic E-state index is 12.8. The third-order valence-electron chi connectivity index (χ3n) is 5.78. The van der Waals surface area contributed by atoms with Crippen molar-refractivity contribution in [3.05, 3.63) is 29.8 Å². The fourth-order valence-electron chi connectivity index (χ4n) is 3.42. The number of urea groups is 1. The molecular weight excluding hydrogens is 494 g/mol. The Balaban J connectivity index is 1.81. The second-order valence-corrected chi connectivity index (χ2v) is 9.16. The van der Waals surface area contributed by atoms with Crippen molar-refractivity contribution in [3.8, 4) is 0 Å². The fraction of sp³-hybridized carbons (Fsp3) is 0.560. The van der Waals surface area contributed by atoms with Crippen LogP contribution in [0.3, 0.4) is 0 Å². The summed E-state index contributed by atoms with van der Waals surface area (Å²) in [5, 5.41) is 8.93. The molecule has 1 atom stereocenters. The number of rotatable bonds is 13. The molecule has 0 radical (unpaired) electrons. The summed E-state index contributed by atoms with van der Waals surface area (Å²) < 4.78 is 5.04. The number of nitrogens with two attached hydrogens (primary N) is 1. The van der Waals surface area contributed by atoms with Crippen molar-refractivity contribution in [2.24, 2.45) is 10.9 Å². The standard InChI is InChI=1S/C25H39N7O6/c1-5-6-17-37-21(33)11-13-27-24(35)28-20-12-14-32(23(20)34)19-9-7-18(8-10-19)22(26)29-38-25(36)31(4)16-15-30(2)3/h7-10,20H,5-6,11-17H2,1-4H3,(H2,26,29)(H2,27,28,35). The monoisotopic (exact) mass is 533 g/mol. The van der Waals surface area contributed by atoms with E-state index >= 15 is 0 Å². The predicted molar refractivity (Wildman–Crippen MR) is 143 cm³/mol. The highest BCUT2D eigenvalue weighted by atomic mass is 16.7. The molecule has 4 N–H and O–H groups in total. The molecule has 0 aliphatic carbocycles. The van der Waals surface area contributed by atoms with E-state index < -0.39 is 18.2 Å². The molecule has 2 rings (SSSR count). The average molecular weight is 534 g/mol. The minimum Gasteiger partial charge on any atom is -0.466 e. The third-order valence-corrected chi connectivity index (χ3v) is 5.78. The number of anilines is 1. The van der Waals surface area contributed by atoms with Crippen molar-refractivity contribution in [1.29, 1.82) is 0 Å². The lowest BCUT2D eigenvalue weighted by molar-refractivity contribution is -0.143. The van der Waals surface area contributed by atoms with Crippen molar-refractivity contribution < 1.29 is 28.8 Å². The minimum atomic E-state index is -0.679. The zero-order chi connectivity index (χ0) is 28.1. The van der Waals surface area contributed by atoms with Gasteiger partial charge in [0, 0.05) is 44.5 Å². The van der Waals surface area contributed by atoms with E-state index in [4.69, 9.17) is 15.3 Å². The van der Waals surface area contributed by atoms with E-state index in [-0.39, 0.29) is 30.7 Å². The van der Waals surface area contributed by atoms with Gasteiger partial charge >= 0.3 is 18.1 Å². The van der Waals surface area contributed by atoms with Gasteiger partial charge in [0.05, 0.1) is 13.0 Å². The van der Waals surface area contributed by atoms with E-state index in [1.54, 1.807) is 36.2 Å². The molecule has 0 spiro atoms. The van der Waals surface area contributed by atoms with Crippen LogP contribution in [0.25, 0.3) is 0 Å². The maximum Gasteiger partial charge on any atom is 0.435 e. The highest BCUT2D eigenvalue weighted by molar-refractivity contribution is 6.02. The number of esters is 1. The van der Waals surface area contributed by atoms with Gasteiger partial charge in [-0.2, -0.15) is 0 Å². The maximum absolute atomic E-state index is 12.8. The number of ether oxygens (including phenoxy) is 1. The Bertz CT molecular complexity index is 983. The van der Waals surface area contributed by atoms with Gasteiger partial charge in [0.25, 0.3) is 0 Å². The largest absolute Gasteiger partial charge is 0.466 e. The summed E-state index contributed by atoms with van der Waals surface area (Å²) in [5.74, 6) is -0.603. The van der Waals surface area contributed by atoms with E-state index in [2.05, 4.69) is 15.8 Å². The van der Waals surface area contributed by atoms with Crippen LogP contribution in [0, 0.1) is 0 Å². The SMILES string of the molecule is CCCCOC(=O)CCNC(=O)NC1CCN(c2ccc(C(N)=NOC(=O)N(C)CCN(C)C)cc2)C1=O. The quantitative estimate of drug-likeness (QED) is 0.0848. The molecular formula is C25H39N7O6. The van der Waals surface area contributed by atoms with Crippen LogP contribution < -0.4 is 21.3 Å². The summed E-state index contributed by atoms with van der Waals surface area (Å²) >= 11 is 0. The molecule has 0 aromatic heterocycles. The zero-order valence-electron chi connectivity index (χ0n) is 22.6. The van der Waals surface area contributed by atoms with Crippen LogP contribution in [0.4, 0.5) is 15.3 Å². The molecule has 1 saturated heterocycles. The Labute approximate surface area is 223 Å². The minimum absolute atomic E-state index is 0.0177. The molecule has 1 unspecified atom stereocenters. The number of carbonyl (C=O) groups is 4. The normalized spacial score (nSPS) is 15.4. The number of amidine groups is 1. The number of hydrogen-bond donors (Lipinski definition) is 3. The second kappa shape index (κ2) is 15.4. The van der Waals surface area contributed by atoms with Gasteiger partial charge in [-0.05, 0) is 51.2 Å². The number of nitrogens with one attached hydrogen (secondary N) is 2. The lowest BCUT2D eigenvalue weighted by Crippen LogP contribution is -2.46. The lowest BCUT2D eigenvalue weighted by Gasteiger charge is -2.18. The van der Waals surface area contributed by atoms with Crippen LogP contribution >= 0.6 is 0 Å². The number of benzene rings is 1. The Morgan fingerprint density at radius 2 is 1.87 bits per heavy atom. The lowest BCUT2D eigenvalue weighted by atomic mass is 10.2. The van der Waals surface area contributed by atoms with Crippen molar-refractivity contribution in [2.75, 3.05) is 58.8 Å². The first-order chi connectivity index (χ1) is 18.1. The Hall–Kier alpha value is -3.87. The van der Waals surface area contributed by atoms with Gasteiger partial charge in [0.2, 0.25) is 5.91 Å². The molecule has 210 valence electrons. The second-order valence-electron chi connectivity index (χ2n) is 9.16. The molecule has 1 aliphatic rings. The average Bonchev–Trinajstić information content (AvgIpc) is 3.25. The summed E-state index contributed by atoms with van der Waals surface area (Å²) in [4.78, 5) is 58.4.